The fraction of sp³-hybridized carbons (Fsp3) is 0.655. The number of nitrogens with zero attached hydrogens (tertiary/aromatic N) is 3. The Labute approximate surface area is 404 Å². The summed E-state index contributed by atoms with van der Waals surface area (Å²) in [7, 11) is 0. The first-order valence-corrected chi connectivity index (χ1v) is 26.1. The topological polar surface area (TPSA) is 132 Å². The number of rotatable bonds is 9. The number of carbonyl (C=O) groups is 4. The van der Waals surface area contributed by atoms with Gasteiger partial charge in [-0.05, 0) is 144 Å². The van der Waals surface area contributed by atoms with Gasteiger partial charge in [-0.2, -0.15) is 0 Å². The minimum atomic E-state index is -0.849. The van der Waals surface area contributed by atoms with Crippen molar-refractivity contribution >= 4 is 23.6 Å². The molecule has 1 amide bonds. The number of ketones is 1. The fourth-order valence-electron chi connectivity index (χ4n) is 17.1. The number of H-pyrrole nitrogens is 1. The molecule has 0 radical (unpaired) electrons. The van der Waals surface area contributed by atoms with Crippen molar-refractivity contribution in [2.45, 2.75) is 165 Å². The Morgan fingerprint density at radius 1 is 0.809 bits per heavy atom. The van der Waals surface area contributed by atoms with Gasteiger partial charge in [0.2, 0.25) is 5.91 Å². The Morgan fingerprint density at radius 2 is 1.54 bits per heavy atom. The van der Waals surface area contributed by atoms with Gasteiger partial charge in [0.1, 0.15) is 18.5 Å². The summed E-state index contributed by atoms with van der Waals surface area (Å²) in [6.07, 6.45) is 15.2. The Bertz CT molecular complexity index is 2530. The van der Waals surface area contributed by atoms with E-state index >= 15 is 4.79 Å². The molecule has 1 aromatic carbocycles. The van der Waals surface area contributed by atoms with Gasteiger partial charge in [0, 0.05) is 36.3 Å². The van der Waals surface area contributed by atoms with Crippen LogP contribution in [0.2, 0.25) is 0 Å². The number of imidazole rings is 1. The van der Waals surface area contributed by atoms with E-state index in [2.05, 4.69) is 70.3 Å². The molecule has 0 bridgehead atoms. The highest BCUT2D eigenvalue weighted by molar-refractivity contribution is 6.07. The van der Waals surface area contributed by atoms with Gasteiger partial charge >= 0.3 is 11.9 Å². The zero-order chi connectivity index (χ0) is 48.4. The van der Waals surface area contributed by atoms with Crippen LogP contribution in [0.3, 0.4) is 0 Å². The number of Topliss-reactive ketones (excluding diaryl/α,β-unsaturated/α-hetero) is 1. The zero-order valence-electron chi connectivity index (χ0n) is 42.5. The SMILES string of the molecule is CC(C)C1=C2[C@@](C(=O)N3CCC[C@H]3c3ncc(-c4cccnc4)[nH]3)(CC[C@]3(C)[C@]2(C)CC[C@@H]2[C@@]4(C)CC[C@H](OC(=O)[C@H]5C[C@@H](C(=O)OCc6ccccc6)C5(C)C)C(C)(C)[C@@H]4CC[C@]23C)CC1=O. The lowest BCUT2D eigenvalue weighted by molar-refractivity contribution is -0.251. The lowest BCUT2D eigenvalue weighted by atomic mass is 9.30. The number of ether oxygens (including phenoxy) is 2. The van der Waals surface area contributed by atoms with E-state index in [1.54, 1.807) is 6.20 Å². The van der Waals surface area contributed by atoms with Crippen molar-refractivity contribution in [3.05, 3.63) is 83.6 Å². The average Bonchev–Trinajstić information content (AvgIpc) is 4.06. The fourth-order valence-corrected chi connectivity index (χ4v) is 17.1. The van der Waals surface area contributed by atoms with E-state index in [9.17, 15) is 14.4 Å². The quantitative estimate of drug-likeness (QED) is 0.210. The summed E-state index contributed by atoms with van der Waals surface area (Å²) in [5.41, 5.74) is 2.78. The van der Waals surface area contributed by atoms with Gasteiger partial charge in [-0.25, -0.2) is 4.98 Å². The van der Waals surface area contributed by atoms with Crippen LogP contribution in [0.15, 0.2) is 72.2 Å². The van der Waals surface area contributed by atoms with Gasteiger partial charge in [-0.15, -0.1) is 0 Å². The second kappa shape index (κ2) is 16.2. The highest BCUT2D eigenvalue weighted by atomic mass is 16.5. The maximum Gasteiger partial charge on any atom is 0.309 e. The van der Waals surface area contributed by atoms with Gasteiger partial charge < -0.3 is 19.4 Å². The second-order valence-corrected chi connectivity index (χ2v) is 25.0. The number of fused-ring (bicyclic) bond motifs is 7. The van der Waals surface area contributed by atoms with Gasteiger partial charge in [0.15, 0.2) is 5.78 Å². The average molecular weight is 925 g/mol. The number of hydrogen-bond acceptors (Lipinski definition) is 8. The van der Waals surface area contributed by atoms with Crippen molar-refractivity contribution in [3.63, 3.8) is 0 Å². The summed E-state index contributed by atoms with van der Waals surface area (Å²) < 4.78 is 12.4. The third kappa shape index (κ3) is 6.66. The number of likely N-dealkylation sites (tertiary alicyclic amines) is 1. The molecule has 3 heterocycles. The molecule has 5 saturated carbocycles. The molecule has 0 spiro atoms. The van der Waals surface area contributed by atoms with Crippen LogP contribution < -0.4 is 0 Å². The number of aromatic amines is 1. The van der Waals surface area contributed by atoms with Crippen molar-refractivity contribution in [1.29, 1.82) is 0 Å². The molecule has 6 aliphatic carbocycles. The first kappa shape index (κ1) is 47.1. The molecule has 6 fully saturated rings. The van der Waals surface area contributed by atoms with E-state index in [4.69, 9.17) is 14.5 Å². The Kier molecular flexibility index (Phi) is 11.2. The first-order chi connectivity index (χ1) is 32.1. The molecule has 7 aliphatic rings. The third-order valence-electron chi connectivity index (χ3n) is 21.2. The van der Waals surface area contributed by atoms with Crippen molar-refractivity contribution in [2.24, 2.45) is 67.5 Å². The molecule has 0 unspecified atom stereocenters. The van der Waals surface area contributed by atoms with Crippen LogP contribution in [0, 0.1) is 67.5 Å². The summed E-state index contributed by atoms with van der Waals surface area (Å²) in [6.45, 7) is 24.1. The maximum atomic E-state index is 15.7. The molecule has 10 nitrogen and oxygen atoms in total. The van der Waals surface area contributed by atoms with E-state index in [0.29, 0.717) is 31.2 Å². The van der Waals surface area contributed by atoms with Crippen LogP contribution in [0.25, 0.3) is 11.3 Å². The van der Waals surface area contributed by atoms with E-state index in [0.717, 1.165) is 86.0 Å². The minimum Gasteiger partial charge on any atom is -0.462 e. The number of aromatic nitrogens is 3. The maximum absolute atomic E-state index is 15.7. The molecule has 10 rings (SSSR count). The van der Waals surface area contributed by atoms with E-state index in [1.807, 2.05) is 68.7 Å². The summed E-state index contributed by atoms with van der Waals surface area (Å²) in [5.74, 6) is 0.811. The molecule has 11 atom stereocenters. The lowest BCUT2D eigenvalue weighted by Gasteiger charge is -2.74. The molecule has 68 heavy (non-hydrogen) atoms. The standard InChI is InChI=1S/C58H76N4O6/c1-35(2)46-42(63)31-58(51(66)62-29-15-19-41(62)48-60-33-40(61-48)37-18-14-28-59-32-37)27-26-57(10)55(8)24-20-43-53(5,6)45(22-23-54(43,7)44(55)21-25-56(57,9)47(46)58)68-50(65)39-30-38(52(39,3)4)49(64)67-34-36-16-12-11-13-17-36/h11-14,16-18,28,32-33,35,38-39,41,43-45H,15,19-27,29-31,34H2,1-10H3,(H,60,61)/t38-,39+,41-,43-,44+,45-,54-,55+,56+,57-,58+/m0/s1. The predicted octanol–water partition coefficient (Wildman–Crippen LogP) is 11.8. The van der Waals surface area contributed by atoms with E-state index in [1.165, 1.54) is 5.57 Å². The molecular weight excluding hydrogens is 849 g/mol. The smallest absolute Gasteiger partial charge is 0.309 e. The molecule has 1 aliphatic heterocycles. The van der Waals surface area contributed by atoms with Crippen LogP contribution in [0.1, 0.15) is 164 Å². The van der Waals surface area contributed by atoms with E-state index in [-0.39, 0.29) is 93.6 Å². The Hall–Kier alpha value is -4.60. The molecule has 2 aromatic heterocycles. The highest BCUT2D eigenvalue weighted by Gasteiger charge is 2.75. The largest absolute Gasteiger partial charge is 0.462 e. The lowest BCUT2D eigenvalue weighted by Crippen LogP contribution is -2.69. The number of esters is 2. The number of pyridine rings is 1. The number of carbonyl (C=O) groups excluding carboxylic acids is 4. The number of amides is 1. The molecule has 1 N–H and O–H groups in total. The molecular formula is C58H76N4O6. The zero-order valence-corrected chi connectivity index (χ0v) is 42.5. The van der Waals surface area contributed by atoms with Gasteiger partial charge in [-0.1, -0.05) is 99.6 Å². The van der Waals surface area contributed by atoms with Gasteiger partial charge in [0.05, 0.1) is 35.2 Å². The Balaban J connectivity index is 0.882. The van der Waals surface area contributed by atoms with Crippen LogP contribution >= 0.6 is 0 Å². The molecule has 10 heteroatoms. The number of benzene rings is 1. The number of allylic oxidation sites excluding steroid dienone is 1. The van der Waals surface area contributed by atoms with Gasteiger partial charge in [0.25, 0.3) is 0 Å². The third-order valence-corrected chi connectivity index (χ3v) is 21.2. The van der Waals surface area contributed by atoms with Crippen LogP contribution in [-0.4, -0.2) is 56.1 Å². The molecule has 364 valence electrons. The summed E-state index contributed by atoms with van der Waals surface area (Å²) in [5, 5.41) is 0. The molecule has 1 saturated heterocycles. The molecule has 3 aromatic rings. The van der Waals surface area contributed by atoms with Crippen molar-refractivity contribution in [1.82, 2.24) is 19.9 Å². The normalized spacial score (nSPS) is 37.9. The minimum absolute atomic E-state index is 0.0234. The first-order valence-electron chi connectivity index (χ1n) is 26.1. The number of hydrogen-bond donors (Lipinski definition) is 1. The summed E-state index contributed by atoms with van der Waals surface area (Å²) in [4.78, 5) is 72.6. The summed E-state index contributed by atoms with van der Waals surface area (Å²) in [6, 6.07) is 13.5. The van der Waals surface area contributed by atoms with Crippen LogP contribution in [0.5, 0.6) is 0 Å². The van der Waals surface area contributed by atoms with E-state index < -0.39 is 10.8 Å². The predicted molar refractivity (Wildman–Crippen MR) is 261 cm³/mol. The van der Waals surface area contributed by atoms with Crippen molar-refractivity contribution in [2.75, 3.05) is 6.54 Å². The highest BCUT2D eigenvalue weighted by Crippen LogP contribution is 2.80. The second-order valence-electron chi connectivity index (χ2n) is 25.0. The monoisotopic (exact) mass is 925 g/mol. The van der Waals surface area contributed by atoms with Gasteiger partial charge in [-0.3, -0.25) is 24.2 Å². The van der Waals surface area contributed by atoms with Crippen molar-refractivity contribution < 1.29 is 28.7 Å². The van der Waals surface area contributed by atoms with Crippen LogP contribution in [0.4, 0.5) is 0 Å². The van der Waals surface area contributed by atoms with Crippen molar-refractivity contribution in [3.8, 4) is 11.3 Å². The van der Waals surface area contributed by atoms with Crippen LogP contribution in [-0.2, 0) is 35.3 Å². The number of nitrogens with one attached hydrogen (secondary N) is 1. The summed E-state index contributed by atoms with van der Waals surface area (Å²) >= 11 is 0. The Morgan fingerprint density at radius 3 is 2.25 bits per heavy atom.